The summed E-state index contributed by atoms with van der Waals surface area (Å²) in [6, 6.07) is 0. The zero-order valence-corrected chi connectivity index (χ0v) is 12.1. The van der Waals surface area contributed by atoms with Gasteiger partial charge in [-0.1, -0.05) is 66.2 Å². The summed E-state index contributed by atoms with van der Waals surface area (Å²) in [6.07, 6.45) is 9.80. The van der Waals surface area contributed by atoms with Crippen molar-refractivity contribution in [3.8, 4) is 0 Å². The SMILES string of the molecule is CC.CCCC(CC)CCCCCC(C)=O. The fraction of sp³-hybridized carbons (Fsp3) is 0.933. The van der Waals surface area contributed by atoms with E-state index in [0.29, 0.717) is 5.78 Å². The lowest BCUT2D eigenvalue weighted by Crippen LogP contribution is -1.98. The van der Waals surface area contributed by atoms with Crippen molar-refractivity contribution in [2.24, 2.45) is 5.92 Å². The van der Waals surface area contributed by atoms with Crippen LogP contribution in [0.15, 0.2) is 0 Å². The molecule has 0 aliphatic heterocycles. The first kappa shape index (κ1) is 18.0. The molecular weight excluding hydrogens is 196 g/mol. The summed E-state index contributed by atoms with van der Waals surface area (Å²) in [4.78, 5) is 10.7. The third kappa shape index (κ3) is 13.7. The van der Waals surface area contributed by atoms with Crippen LogP contribution < -0.4 is 0 Å². The maximum atomic E-state index is 10.7. The molecule has 1 heteroatoms. The smallest absolute Gasteiger partial charge is 0.129 e. The van der Waals surface area contributed by atoms with Crippen molar-refractivity contribution in [1.29, 1.82) is 0 Å². The Morgan fingerprint density at radius 3 is 2.06 bits per heavy atom. The Balaban J connectivity index is 0. The number of carbonyl (C=O) groups excluding carboxylic acids is 1. The zero-order valence-electron chi connectivity index (χ0n) is 12.1. The molecule has 0 saturated carbocycles. The van der Waals surface area contributed by atoms with Gasteiger partial charge in [0.05, 0.1) is 0 Å². The second-order valence-electron chi connectivity index (χ2n) is 4.36. The Bertz CT molecular complexity index is 140. The van der Waals surface area contributed by atoms with Crippen molar-refractivity contribution in [3.63, 3.8) is 0 Å². The van der Waals surface area contributed by atoms with Crippen molar-refractivity contribution in [1.82, 2.24) is 0 Å². The molecule has 0 amide bonds. The van der Waals surface area contributed by atoms with Gasteiger partial charge in [0, 0.05) is 6.42 Å². The lowest BCUT2D eigenvalue weighted by molar-refractivity contribution is -0.117. The quantitative estimate of drug-likeness (QED) is 0.484. The molecule has 0 aromatic carbocycles. The largest absolute Gasteiger partial charge is 0.300 e. The van der Waals surface area contributed by atoms with Gasteiger partial charge >= 0.3 is 0 Å². The van der Waals surface area contributed by atoms with Crippen molar-refractivity contribution < 1.29 is 4.79 Å². The van der Waals surface area contributed by atoms with Gasteiger partial charge in [-0.05, 0) is 19.3 Å². The van der Waals surface area contributed by atoms with Gasteiger partial charge in [-0.3, -0.25) is 0 Å². The Labute approximate surface area is 103 Å². The molecule has 1 atom stereocenters. The van der Waals surface area contributed by atoms with Crippen molar-refractivity contribution in [2.75, 3.05) is 0 Å². The van der Waals surface area contributed by atoms with E-state index in [4.69, 9.17) is 0 Å². The molecule has 0 rings (SSSR count). The Morgan fingerprint density at radius 1 is 1.00 bits per heavy atom. The molecule has 1 unspecified atom stereocenters. The fourth-order valence-electron chi connectivity index (χ4n) is 1.94. The second kappa shape index (κ2) is 14.7. The van der Waals surface area contributed by atoms with E-state index in [1.165, 1.54) is 38.5 Å². The van der Waals surface area contributed by atoms with Crippen molar-refractivity contribution in [2.45, 2.75) is 86.0 Å². The summed E-state index contributed by atoms with van der Waals surface area (Å²) in [7, 11) is 0. The van der Waals surface area contributed by atoms with Gasteiger partial charge < -0.3 is 4.79 Å². The number of rotatable bonds is 9. The van der Waals surface area contributed by atoms with E-state index >= 15 is 0 Å². The highest BCUT2D eigenvalue weighted by atomic mass is 16.1. The number of ketones is 1. The summed E-state index contributed by atoms with van der Waals surface area (Å²) < 4.78 is 0. The van der Waals surface area contributed by atoms with E-state index in [9.17, 15) is 4.79 Å². The summed E-state index contributed by atoms with van der Waals surface area (Å²) in [5.41, 5.74) is 0. The van der Waals surface area contributed by atoms with Gasteiger partial charge in [-0.2, -0.15) is 0 Å². The minimum Gasteiger partial charge on any atom is -0.300 e. The minimum absolute atomic E-state index is 0.339. The molecule has 0 spiro atoms. The average molecular weight is 228 g/mol. The molecule has 0 saturated heterocycles. The first-order chi connectivity index (χ1) is 7.70. The van der Waals surface area contributed by atoms with E-state index in [0.717, 1.165) is 18.8 Å². The predicted molar refractivity (Wildman–Crippen MR) is 73.8 cm³/mol. The van der Waals surface area contributed by atoms with Gasteiger partial charge in [0.15, 0.2) is 0 Å². The zero-order chi connectivity index (χ0) is 12.8. The number of Topliss-reactive ketones (excluding diaryl/α,β-unsaturated/α-hetero) is 1. The number of carbonyl (C=O) groups is 1. The first-order valence-electron chi connectivity index (χ1n) is 7.20. The van der Waals surface area contributed by atoms with E-state index in [1.54, 1.807) is 6.92 Å². The average Bonchev–Trinajstić information content (AvgIpc) is 2.29. The molecule has 0 bridgehead atoms. The van der Waals surface area contributed by atoms with E-state index < -0.39 is 0 Å². The molecule has 0 radical (unpaired) electrons. The van der Waals surface area contributed by atoms with Crippen LogP contribution in [-0.4, -0.2) is 5.78 Å². The number of unbranched alkanes of at least 4 members (excludes halogenated alkanes) is 2. The fourth-order valence-corrected chi connectivity index (χ4v) is 1.94. The molecule has 98 valence electrons. The molecule has 1 nitrogen and oxygen atoms in total. The summed E-state index contributed by atoms with van der Waals surface area (Å²) in [5.74, 6) is 1.27. The molecule has 0 aliphatic carbocycles. The Morgan fingerprint density at radius 2 is 1.62 bits per heavy atom. The van der Waals surface area contributed by atoms with Crippen LogP contribution in [0.2, 0.25) is 0 Å². The highest BCUT2D eigenvalue weighted by Gasteiger charge is 2.04. The molecule has 0 heterocycles. The van der Waals surface area contributed by atoms with Gasteiger partial charge in [0.2, 0.25) is 0 Å². The van der Waals surface area contributed by atoms with E-state index in [-0.39, 0.29) is 0 Å². The third-order valence-electron chi connectivity index (χ3n) is 2.92. The van der Waals surface area contributed by atoms with E-state index in [1.807, 2.05) is 13.8 Å². The Hall–Kier alpha value is -0.330. The molecule has 16 heavy (non-hydrogen) atoms. The molecular formula is C15H32O. The van der Waals surface area contributed by atoms with Gasteiger partial charge in [-0.25, -0.2) is 0 Å². The second-order valence-corrected chi connectivity index (χ2v) is 4.36. The van der Waals surface area contributed by atoms with E-state index in [2.05, 4.69) is 13.8 Å². The van der Waals surface area contributed by atoms with Crippen LogP contribution in [0.5, 0.6) is 0 Å². The van der Waals surface area contributed by atoms with Crippen LogP contribution in [0.25, 0.3) is 0 Å². The van der Waals surface area contributed by atoms with Crippen LogP contribution in [0.4, 0.5) is 0 Å². The highest BCUT2D eigenvalue weighted by Crippen LogP contribution is 2.18. The Kier molecular flexibility index (Phi) is 16.5. The lowest BCUT2D eigenvalue weighted by Gasteiger charge is -2.12. The maximum Gasteiger partial charge on any atom is 0.129 e. The molecule has 0 aromatic rings. The van der Waals surface area contributed by atoms with Gasteiger partial charge in [-0.15, -0.1) is 0 Å². The molecule has 0 fully saturated rings. The van der Waals surface area contributed by atoms with Gasteiger partial charge in [0.1, 0.15) is 5.78 Å². The van der Waals surface area contributed by atoms with Crippen LogP contribution in [0.3, 0.4) is 0 Å². The molecule has 0 N–H and O–H groups in total. The summed E-state index contributed by atoms with van der Waals surface area (Å²) >= 11 is 0. The van der Waals surface area contributed by atoms with Crippen molar-refractivity contribution >= 4 is 5.78 Å². The first-order valence-corrected chi connectivity index (χ1v) is 7.20. The van der Waals surface area contributed by atoms with Crippen LogP contribution >= 0.6 is 0 Å². The standard InChI is InChI=1S/C13H26O.C2H6/c1-4-9-13(5-2)11-8-6-7-10-12(3)14;1-2/h13H,4-11H2,1-3H3;1-2H3. The van der Waals surface area contributed by atoms with Gasteiger partial charge in [0.25, 0.3) is 0 Å². The lowest BCUT2D eigenvalue weighted by atomic mass is 9.94. The maximum absolute atomic E-state index is 10.7. The summed E-state index contributed by atoms with van der Waals surface area (Å²) in [5, 5.41) is 0. The third-order valence-corrected chi connectivity index (χ3v) is 2.92. The van der Waals surface area contributed by atoms with Crippen molar-refractivity contribution in [3.05, 3.63) is 0 Å². The molecule has 0 aliphatic rings. The van der Waals surface area contributed by atoms with Crippen LogP contribution in [0, 0.1) is 5.92 Å². The topological polar surface area (TPSA) is 17.1 Å². The molecule has 0 aromatic heterocycles. The monoisotopic (exact) mass is 228 g/mol. The summed E-state index contributed by atoms with van der Waals surface area (Å²) in [6.45, 7) is 10.2. The predicted octanol–water partition coefficient (Wildman–Crippen LogP) is 5.38. The normalized spacial score (nSPS) is 11.6. The minimum atomic E-state index is 0.339. The van der Waals surface area contributed by atoms with Crippen LogP contribution in [0.1, 0.15) is 86.0 Å². The number of hydrogen-bond donors (Lipinski definition) is 0. The van der Waals surface area contributed by atoms with Crippen LogP contribution in [-0.2, 0) is 4.79 Å². The highest BCUT2D eigenvalue weighted by molar-refractivity contribution is 5.75. The number of hydrogen-bond acceptors (Lipinski definition) is 1.